The van der Waals surface area contributed by atoms with Crippen LogP contribution in [0.5, 0.6) is 11.5 Å². The lowest BCUT2D eigenvalue weighted by molar-refractivity contribution is -0.144. The highest BCUT2D eigenvalue weighted by Crippen LogP contribution is 2.37. The fourth-order valence-electron chi connectivity index (χ4n) is 5.99. The zero-order valence-corrected chi connectivity index (χ0v) is 25.1. The molecule has 3 N–H and O–H groups in total. The summed E-state index contributed by atoms with van der Waals surface area (Å²) < 4.78 is 37.4. The quantitative estimate of drug-likeness (QED) is 0.204. The van der Waals surface area contributed by atoms with Gasteiger partial charge in [-0.3, -0.25) is 23.5 Å². The maximum absolute atomic E-state index is 14.0. The smallest absolute Gasteiger partial charge is 0.247 e. The topological polar surface area (TPSA) is 152 Å². The van der Waals surface area contributed by atoms with Crippen LogP contribution in [0, 0.1) is 5.41 Å². The molecular weight excluding hydrogens is 570 g/mol. The van der Waals surface area contributed by atoms with Crippen molar-refractivity contribution >= 4 is 45.4 Å². The molecule has 12 heteroatoms. The van der Waals surface area contributed by atoms with E-state index < -0.39 is 29.3 Å². The molecule has 2 aliphatic rings. The number of nitrogens with one attached hydrogen (secondary N) is 1. The maximum atomic E-state index is 14.0. The molecule has 3 aromatic carbocycles. The zero-order chi connectivity index (χ0) is 30.7. The van der Waals surface area contributed by atoms with E-state index in [-0.39, 0.29) is 31.1 Å². The summed E-state index contributed by atoms with van der Waals surface area (Å²) in [7, 11) is 3.06. The van der Waals surface area contributed by atoms with Crippen LogP contribution in [-0.4, -0.2) is 82.1 Å². The Labute approximate surface area is 253 Å². The summed E-state index contributed by atoms with van der Waals surface area (Å²) in [5, 5.41) is 9.13. The van der Waals surface area contributed by atoms with Gasteiger partial charge in [0.1, 0.15) is 29.4 Å². The highest BCUT2D eigenvalue weighted by Gasteiger charge is 2.43. The highest BCUT2D eigenvalue weighted by molar-refractivity contribution is 7.80. The largest absolute Gasteiger partial charge is 0.755 e. The molecule has 2 aliphatic heterocycles. The van der Waals surface area contributed by atoms with Crippen molar-refractivity contribution in [3.8, 4) is 11.5 Å². The number of nitrogen functional groups attached to an aromatic ring is 1. The van der Waals surface area contributed by atoms with E-state index in [2.05, 4.69) is 0 Å². The molecule has 2 heterocycles. The molecule has 3 unspecified atom stereocenters. The van der Waals surface area contributed by atoms with Crippen molar-refractivity contribution in [2.75, 3.05) is 38.2 Å². The fourth-order valence-corrected chi connectivity index (χ4v) is 6.67. The normalized spacial score (nSPS) is 18.4. The minimum atomic E-state index is -2.78. The number of methoxy groups -OCH3 is 2. The van der Waals surface area contributed by atoms with E-state index in [9.17, 15) is 18.4 Å². The molecule has 2 fully saturated rings. The lowest BCUT2D eigenvalue weighted by Gasteiger charge is -2.36. The van der Waals surface area contributed by atoms with Crippen molar-refractivity contribution in [1.82, 2.24) is 9.80 Å². The Balaban J connectivity index is 1.47. The first-order valence-electron chi connectivity index (χ1n) is 14.3. The van der Waals surface area contributed by atoms with Crippen LogP contribution in [0.2, 0.25) is 0 Å². The number of anilines is 1. The summed E-state index contributed by atoms with van der Waals surface area (Å²) in [5.74, 6) is 0.454. The summed E-state index contributed by atoms with van der Waals surface area (Å²) in [6.07, 6.45) is 3.35. The molecule has 2 amide bonds. The molecule has 11 nitrogen and oxygen atoms in total. The number of amidine groups is 1. The molecule has 0 bridgehead atoms. The Kier molecular flexibility index (Phi) is 9.16. The van der Waals surface area contributed by atoms with Crippen LogP contribution < -0.4 is 19.5 Å². The third-order valence-electron chi connectivity index (χ3n) is 8.26. The highest BCUT2D eigenvalue weighted by atomic mass is 32.2. The third kappa shape index (κ3) is 6.30. The van der Waals surface area contributed by atoms with Gasteiger partial charge in [0.15, 0.2) is 0 Å². The SMILES string of the molecule is COc1ccc2cc(N(C3CCN(C(Cc4ccc(C(=N)N)cc4)C(=O)N4CCCCC4)C3=O)S(=O)[O-])cc(OC)c2c1. The summed E-state index contributed by atoms with van der Waals surface area (Å²) in [6.45, 7) is 1.49. The van der Waals surface area contributed by atoms with Gasteiger partial charge in [0.25, 0.3) is 0 Å². The molecule has 2 saturated heterocycles. The number of carbonyl (C=O) groups excluding carboxylic acids is 2. The number of carbonyl (C=O) groups is 2. The van der Waals surface area contributed by atoms with E-state index in [0.717, 1.165) is 39.9 Å². The van der Waals surface area contributed by atoms with Crippen LogP contribution >= 0.6 is 0 Å². The number of hydrogen-bond acceptors (Lipinski definition) is 7. The van der Waals surface area contributed by atoms with Gasteiger partial charge in [0, 0.05) is 54.3 Å². The van der Waals surface area contributed by atoms with Crippen molar-refractivity contribution < 1.29 is 27.8 Å². The molecule has 0 saturated carbocycles. The standard InChI is InChI=1S/C31H37N5O6S/c1-41-24-11-10-22-17-23(18-28(42-2)25(22)19-24)36(43(39)40)26-12-15-35(31(26)38)27(30(37)34-13-4-3-5-14-34)16-20-6-8-21(9-7-20)29(32)33/h6-11,17-19,26-27H,3-5,12-16H2,1-2H3,(H3,32,33)(H,39,40)/p-1. The maximum Gasteiger partial charge on any atom is 0.247 e. The number of piperidine rings is 1. The van der Waals surface area contributed by atoms with Crippen molar-refractivity contribution in [3.05, 3.63) is 65.7 Å². The lowest BCUT2D eigenvalue weighted by Crippen LogP contribution is -2.53. The second-order valence-corrected chi connectivity index (χ2v) is 11.7. The van der Waals surface area contributed by atoms with E-state index >= 15 is 0 Å². The molecule has 5 rings (SSSR count). The third-order valence-corrected chi connectivity index (χ3v) is 9.05. The van der Waals surface area contributed by atoms with Gasteiger partial charge in [0.2, 0.25) is 11.8 Å². The van der Waals surface area contributed by atoms with E-state index in [0.29, 0.717) is 35.8 Å². The van der Waals surface area contributed by atoms with Crippen molar-refractivity contribution in [1.29, 1.82) is 5.41 Å². The monoisotopic (exact) mass is 606 g/mol. The van der Waals surface area contributed by atoms with Gasteiger partial charge in [-0.05, 0) is 54.8 Å². The summed E-state index contributed by atoms with van der Waals surface area (Å²) in [4.78, 5) is 31.3. The number of rotatable bonds is 10. The molecular formula is C31H36N5O6S-. The Morgan fingerprint density at radius 2 is 1.79 bits per heavy atom. The number of amides is 2. The first-order chi connectivity index (χ1) is 20.7. The van der Waals surface area contributed by atoms with Crippen LogP contribution in [0.3, 0.4) is 0 Å². The Morgan fingerprint density at radius 1 is 1.07 bits per heavy atom. The van der Waals surface area contributed by atoms with Gasteiger partial charge >= 0.3 is 0 Å². The molecule has 3 atom stereocenters. The van der Waals surface area contributed by atoms with Crippen molar-refractivity contribution in [3.63, 3.8) is 0 Å². The van der Waals surface area contributed by atoms with Crippen molar-refractivity contribution in [2.45, 2.75) is 44.2 Å². The summed E-state index contributed by atoms with van der Waals surface area (Å²) in [5.41, 5.74) is 7.28. The van der Waals surface area contributed by atoms with E-state index in [1.807, 2.05) is 4.90 Å². The lowest BCUT2D eigenvalue weighted by atomic mass is 10.0. The minimum Gasteiger partial charge on any atom is -0.755 e. The summed E-state index contributed by atoms with van der Waals surface area (Å²) >= 11 is -2.78. The zero-order valence-electron chi connectivity index (χ0n) is 24.3. The second kappa shape index (κ2) is 13.0. The van der Waals surface area contributed by atoms with E-state index in [4.69, 9.17) is 20.6 Å². The minimum absolute atomic E-state index is 0.0554. The van der Waals surface area contributed by atoms with Crippen molar-refractivity contribution in [2.24, 2.45) is 5.73 Å². The molecule has 0 radical (unpaired) electrons. The van der Waals surface area contributed by atoms with E-state index in [1.165, 1.54) is 12.0 Å². The molecule has 0 spiro atoms. The van der Waals surface area contributed by atoms with Crippen LogP contribution in [-0.2, 0) is 27.3 Å². The first kappa shape index (κ1) is 30.3. The van der Waals surface area contributed by atoms with Gasteiger partial charge in [-0.1, -0.05) is 30.3 Å². The van der Waals surface area contributed by atoms with Crippen LogP contribution in [0.15, 0.2) is 54.6 Å². The number of hydrogen-bond donors (Lipinski definition) is 2. The molecule has 228 valence electrons. The van der Waals surface area contributed by atoms with Crippen LogP contribution in [0.1, 0.15) is 36.8 Å². The average molecular weight is 607 g/mol. The predicted molar refractivity (Wildman–Crippen MR) is 164 cm³/mol. The van der Waals surface area contributed by atoms with Crippen LogP contribution in [0.4, 0.5) is 5.69 Å². The predicted octanol–water partition coefficient (Wildman–Crippen LogP) is 2.97. The average Bonchev–Trinajstić information content (AvgIpc) is 3.39. The number of fused-ring (bicyclic) bond motifs is 1. The van der Waals surface area contributed by atoms with Gasteiger partial charge in [0.05, 0.1) is 19.9 Å². The number of likely N-dealkylation sites (tertiary alicyclic amines) is 2. The number of ether oxygens (including phenoxy) is 2. The molecule has 3 aromatic rings. The fraction of sp³-hybridized carbons (Fsp3) is 0.387. The second-order valence-electron chi connectivity index (χ2n) is 10.8. The van der Waals surface area contributed by atoms with Gasteiger partial charge in [-0.15, -0.1) is 0 Å². The molecule has 43 heavy (non-hydrogen) atoms. The van der Waals surface area contributed by atoms with Gasteiger partial charge < -0.3 is 29.6 Å². The Hall–Kier alpha value is -4.16. The first-order valence-corrected chi connectivity index (χ1v) is 15.3. The number of benzene rings is 3. The van der Waals surface area contributed by atoms with Crippen LogP contribution in [0.25, 0.3) is 10.8 Å². The summed E-state index contributed by atoms with van der Waals surface area (Å²) in [6, 6.07) is 13.9. The molecule has 0 aromatic heterocycles. The Bertz CT molecular complexity index is 1540. The molecule has 0 aliphatic carbocycles. The number of nitrogens with zero attached hydrogens (tertiary/aromatic N) is 3. The van der Waals surface area contributed by atoms with Gasteiger partial charge in [-0.2, -0.15) is 0 Å². The Morgan fingerprint density at radius 3 is 2.42 bits per heavy atom. The van der Waals surface area contributed by atoms with Gasteiger partial charge in [-0.25, -0.2) is 0 Å². The van der Waals surface area contributed by atoms with E-state index in [1.54, 1.807) is 61.7 Å². The number of nitrogens with two attached hydrogens (primary N) is 1.